The highest BCUT2D eigenvalue weighted by Gasteiger charge is 2.32. The van der Waals surface area contributed by atoms with Crippen LogP contribution in [-0.4, -0.2) is 31.6 Å². The third kappa shape index (κ3) is 3.72. The molecule has 1 aromatic rings. The molecule has 0 radical (unpaired) electrons. The van der Waals surface area contributed by atoms with Gasteiger partial charge in [-0.1, -0.05) is 0 Å². The number of fused-ring (bicyclic) bond motifs is 1. The van der Waals surface area contributed by atoms with E-state index in [1.165, 1.54) is 0 Å². The van der Waals surface area contributed by atoms with E-state index in [2.05, 4.69) is 10.6 Å². The van der Waals surface area contributed by atoms with Gasteiger partial charge in [0.25, 0.3) is 0 Å². The molecular weight excluding hydrogens is 272 g/mol. The van der Waals surface area contributed by atoms with Gasteiger partial charge in [-0.3, -0.25) is 9.59 Å². The molecule has 0 atom stereocenters. The standard InChI is InChI=1S/C15H20N2O4/c1-4-20-8-13(18)16-10-5-6-12-11(7-10)17-14(19)15(2,3)9-21-12/h5-7H,4,8-9H2,1-3H3,(H,16,18)(H,17,19). The molecule has 1 aliphatic rings. The van der Waals surface area contributed by atoms with Gasteiger partial charge in [-0.2, -0.15) is 0 Å². The Bertz CT molecular complexity index is 555. The van der Waals surface area contributed by atoms with Crippen molar-refractivity contribution in [2.24, 2.45) is 5.41 Å². The van der Waals surface area contributed by atoms with Gasteiger partial charge in [0.15, 0.2) is 0 Å². The van der Waals surface area contributed by atoms with Crippen LogP contribution in [0.25, 0.3) is 0 Å². The van der Waals surface area contributed by atoms with Crippen molar-refractivity contribution in [3.8, 4) is 5.75 Å². The van der Waals surface area contributed by atoms with E-state index in [4.69, 9.17) is 9.47 Å². The number of ether oxygens (including phenoxy) is 2. The van der Waals surface area contributed by atoms with E-state index in [1.54, 1.807) is 18.2 Å². The van der Waals surface area contributed by atoms with Crippen molar-refractivity contribution in [1.29, 1.82) is 0 Å². The predicted octanol–water partition coefficient (Wildman–Crippen LogP) is 2.02. The van der Waals surface area contributed by atoms with Crippen LogP contribution in [0.3, 0.4) is 0 Å². The zero-order chi connectivity index (χ0) is 15.5. The third-order valence-corrected chi connectivity index (χ3v) is 3.15. The first kappa shape index (κ1) is 15.3. The highest BCUT2D eigenvalue weighted by atomic mass is 16.5. The maximum atomic E-state index is 12.1. The summed E-state index contributed by atoms with van der Waals surface area (Å²) in [5, 5.41) is 5.53. The summed E-state index contributed by atoms with van der Waals surface area (Å²) in [6.45, 7) is 6.25. The van der Waals surface area contributed by atoms with E-state index in [-0.39, 0.29) is 18.4 Å². The Hall–Kier alpha value is -2.08. The van der Waals surface area contributed by atoms with Crippen molar-refractivity contribution in [3.63, 3.8) is 0 Å². The number of benzene rings is 1. The van der Waals surface area contributed by atoms with Crippen molar-refractivity contribution >= 4 is 23.2 Å². The zero-order valence-corrected chi connectivity index (χ0v) is 12.5. The molecule has 2 amide bonds. The second-order valence-corrected chi connectivity index (χ2v) is 5.52. The molecule has 2 N–H and O–H groups in total. The van der Waals surface area contributed by atoms with E-state index in [0.717, 1.165) is 0 Å². The largest absolute Gasteiger partial charge is 0.490 e. The Morgan fingerprint density at radius 2 is 2.24 bits per heavy atom. The van der Waals surface area contributed by atoms with Gasteiger partial charge in [0.05, 0.1) is 11.1 Å². The molecule has 1 heterocycles. The molecule has 1 aliphatic heterocycles. The minimum absolute atomic E-state index is 0.00345. The molecule has 114 valence electrons. The Morgan fingerprint density at radius 3 is 2.95 bits per heavy atom. The van der Waals surface area contributed by atoms with Crippen LogP contribution < -0.4 is 15.4 Å². The van der Waals surface area contributed by atoms with Crippen LogP contribution in [0.15, 0.2) is 18.2 Å². The summed E-state index contributed by atoms with van der Waals surface area (Å²) in [6.07, 6.45) is 0. The van der Waals surface area contributed by atoms with E-state index >= 15 is 0 Å². The molecule has 0 spiro atoms. The van der Waals surface area contributed by atoms with Gasteiger partial charge in [-0.05, 0) is 39.0 Å². The van der Waals surface area contributed by atoms with Gasteiger partial charge in [0, 0.05) is 12.3 Å². The van der Waals surface area contributed by atoms with Crippen LogP contribution in [0.1, 0.15) is 20.8 Å². The molecule has 0 bridgehead atoms. The van der Waals surface area contributed by atoms with E-state index in [0.29, 0.717) is 30.3 Å². The number of hydrogen-bond acceptors (Lipinski definition) is 4. The summed E-state index contributed by atoms with van der Waals surface area (Å²) in [7, 11) is 0. The summed E-state index contributed by atoms with van der Waals surface area (Å²) in [6, 6.07) is 5.14. The fourth-order valence-corrected chi connectivity index (χ4v) is 1.84. The van der Waals surface area contributed by atoms with Gasteiger partial charge in [-0.15, -0.1) is 0 Å². The van der Waals surface area contributed by atoms with Gasteiger partial charge in [0.1, 0.15) is 19.0 Å². The second-order valence-electron chi connectivity index (χ2n) is 5.52. The Morgan fingerprint density at radius 1 is 1.48 bits per heavy atom. The van der Waals surface area contributed by atoms with Crippen LogP contribution in [0.5, 0.6) is 5.75 Å². The topological polar surface area (TPSA) is 76.7 Å². The minimum Gasteiger partial charge on any atom is -0.490 e. The molecule has 6 nitrogen and oxygen atoms in total. The molecule has 1 aromatic carbocycles. The van der Waals surface area contributed by atoms with Gasteiger partial charge < -0.3 is 20.1 Å². The highest BCUT2D eigenvalue weighted by molar-refractivity contribution is 5.98. The number of anilines is 2. The van der Waals surface area contributed by atoms with Crippen LogP contribution in [0.2, 0.25) is 0 Å². The van der Waals surface area contributed by atoms with Crippen LogP contribution in [0, 0.1) is 5.41 Å². The minimum atomic E-state index is -0.600. The Balaban J connectivity index is 2.13. The lowest BCUT2D eigenvalue weighted by molar-refractivity contribution is -0.125. The van der Waals surface area contributed by atoms with Crippen LogP contribution >= 0.6 is 0 Å². The first-order chi connectivity index (χ1) is 9.92. The number of amides is 2. The average molecular weight is 292 g/mol. The summed E-state index contributed by atoms with van der Waals surface area (Å²) < 4.78 is 10.7. The second kappa shape index (κ2) is 6.13. The Labute approximate surface area is 123 Å². The quantitative estimate of drug-likeness (QED) is 0.890. The molecule has 0 aromatic heterocycles. The average Bonchev–Trinajstić information content (AvgIpc) is 2.54. The summed E-state index contributed by atoms with van der Waals surface area (Å²) >= 11 is 0. The van der Waals surface area contributed by atoms with Crippen molar-refractivity contribution in [2.45, 2.75) is 20.8 Å². The first-order valence-corrected chi connectivity index (χ1v) is 6.88. The maximum Gasteiger partial charge on any atom is 0.250 e. The molecular formula is C15H20N2O4. The first-order valence-electron chi connectivity index (χ1n) is 6.88. The van der Waals surface area contributed by atoms with Crippen LogP contribution in [0.4, 0.5) is 11.4 Å². The number of hydrogen-bond donors (Lipinski definition) is 2. The maximum absolute atomic E-state index is 12.1. The zero-order valence-electron chi connectivity index (χ0n) is 12.5. The molecule has 0 saturated carbocycles. The lowest BCUT2D eigenvalue weighted by atomic mass is 9.94. The summed E-state index contributed by atoms with van der Waals surface area (Å²) in [5.41, 5.74) is 0.541. The number of carbonyl (C=O) groups is 2. The number of carbonyl (C=O) groups excluding carboxylic acids is 2. The van der Waals surface area contributed by atoms with Gasteiger partial charge in [0.2, 0.25) is 11.8 Å². The van der Waals surface area contributed by atoms with Crippen LogP contribution in [-0.2, 0) is 14.3 Å². The fraction of sp³-hybridized carbons (Fsp3) is 0.467. The summed E-state index contributed by atoms with van der Waals surface area (Å²) in [5.74, 6) is 0.244. The molecule has 0 unspecified atom stereocenters. The lowest BCUT2D eigenvalue weighted by Gasteiger charge is -2.18. The molecule has 0 saturated heterocycles. The molecule has 21 heavy (non-hydrogen) atoms. The SMILES string of the molecule is CCOCC(=O)Nc1ccc2c(c1)NC(=O)C(C)(C)CO2. The molecule has 0 fully saturated rings. The predicted molar refractivity (Wildman–Crippen MR) is 79.5 cm³/mol. The normalized spacial score (nSPS) is 16.2. The molecule has 6 heteroatoms. The third-order valence-electron chi connectivity index (χ3n) is 3.15. The summed E-state index contributed by atoms with van der Waals surface area (Å²) in [4.78, 5) is 23.7. The number of rotatable bonds is 4. The molecule has 0 aliphatic carbocycles. The van der Waals surface area contributed by atoms with Crippen molar-refractivity contribution in [2.75, 3.05) is 30.5 Å². The lowest BCUT2D eigenvalue weighted by Crippen LogP contribution is -2.33. The van der Waals surface area contributed by atoms with Crippen molar-refractivity contribution in [1.82, 2.24) is 0 Å². The number of nitrogens with one attached hydrogen (secondary N) is 2. The van der Waals surface area contributed by atoms with Crippen molar-refractivity contribution < 1.29 is 19.1 Å². The van der Waals surface area contributed by atoms with Crippen molar-refractivity contribution in [3.05, 3.63) is 18.2 Å². The molecule has 2 rings (SSSR count). The monoisotopic (exact) mass is 292 g/mol. The smallest absolute Gasteiger partial charge is 0.250 e. The highest BCUT2D eigenvalue weighted by Crippen LogP contribution is 2.34. The Kier molecular flexibility index (Phi) is 4.47. The van der Waals surface area contributed by atoms with E-state index < -0.39 is 5.41 Å². The van der Waals surface area contributed by atoms with E-state index in [9.17, 15) is 9.59 Å². The van der Waals surface area contributed by atoms with Gasteiger partial charge in [-0.25, -0.2) is 0 Å². The fourth-order valence-electron chi connectivity index (χ4n) is 1.84. The van der Waals surface area contributed by atoms with Gasteiger partial charge >= 0.3 is 0 Å². The van der Waals surface area contributed by atoms with E-state index in [1.807, 2.05) is 20.8 Å².